The van der Waals surface area contributed by atoms with E-state index in [-0.39, 0.29) is 24.8 Å². The predicted molar refractivity (Wildman–Crippen MR) is 101 cm³/mol. The average molecular weight is 423 g/mol. The van der Waals surface area contributed by atoms with Crippen molar-refractivity contribution in [3.8, 4) is 0 Å². The summed E-state index contributed by atoms with van der Waals surface area (Å²) >= 11 is 0. The number of aliphatic hydroxyl groups excluding tert-OH is 2. The summed E-state index contributed by atoms with van der Waals surface area (Å²) in [6.45, 7) is 5.07. The molecule has 5 saturated heterocycles. The van der Waals surface area contributed by atoms with E-state index in [1.165, 1.54) is 6.07 Å². The number of ether oxygens (including phenoxy) is 2. The maximum absolute atomic E-state index is 14.3. The normalized spacial score (nSPS) is 47.6. The van der Waals surface area contributed by atoms with E-state index in [0.29, 0.717) is 17.5 Å². The number of nitrogens with zero attached hydrogens (tertiary/aromatic N) is 3. The number of likely N-dealkylation sites (tertiary alicyclic amines) is 1. The zero-order chi connectivity index (χ0) is 20.7. The Hall–Kier alpha value is -1.20. The molecule has 0 saturated carbocycles. The minimum Gasteiger partial charge on any atom is -0.387 e. The SMILES string of the molecule is CC1C2CCN([C@@H]3O[C@H]([C@@H]4OCCc5c4ccc(F)c5F)[C@@H](O)[C@H]3O)C2N2CN1C2. The molecule has 6 heterocycles. The molecule has 0 aliphatic carbocycles. The third-order valence-corrected chi connectivity index (χ3v) is 7.83. The first kappa shape index (κ1) is 19.5. The maximum atomic E-state index is 14.3. The zero-order valence-corrected chi connectivity index (χ0v) is 16.8. The van der Waals surface area contributed by atoms with Gasteiger partial charge in [0.25, 0.3) is 0 Å². The molecule has 7 rings (SSSR count). The Balaban J connectivity index is 1.27. The smallest absolute Gasteiger partial charge is 0.162 e. The number of aliphatic hydroxyl groups is 2. The van der Waals surface area contributed by atoms with Crippen molar-refractivity contribution in [1.82, 2.24) is 14.7 Å². The molecule has 8 atom stereocenters. The molecule has 1 aromatic carbocycles. The molecular formula is C21H27F2N3O4. The lowest BCUT2D eigenvalue weighted by Gasteiger charge is -2.59. The van der Waals surface area contributed by atoms with Gasteiger partial charge in [0, 0.05) is 18.5 Å². The third-order valence-electron chi connectivity index (χ3n) is 7.83. The van der Waals surface area contributed by atoms with Gasteiger partial charge in [-0.25, -0.2) is 8.78 Å². The molecule has 1 aromatic rings. The van der Waals surface area contributed by atoms with E-state index in [1.807, 2.05) is 0 Å². The Bertz CT molecular complexity index is 854. The summed E-state index contributed by atoms with van der Waals surface area (Å²) < 4.78 is 40.1. The number of halogens is 2. The summed E-state index contributed by atoms with van der Waals surface area (Å²) in [7, 11) is 0. The first-order valence-electron chi connectivity index (χ1n) is 10.8. The highest BCUT2D eigenvalue weighted by molar-refractivity contribution is 5.34. The molecule has 0 amide bonds. The molecule has 0 radical (unpaired) electrons. The van der Waals surface area contributed by atoms with Gasteiger partial charge in [-0.15, -0.1) is 0 Å². The van der Waals surface area contributed by atoms with Crippen LogP contribution in [0, 0.1) is 17.6 Å². The third kappa shape index (κ3) is 2.60. The largest absolute Gasteiger partial charge is 0.387 e. The van der Waals surface area contributed by atoms with E-state index in [9.17, 15) is 19.0 Å². The fourth-order valence-corrected chi connectivity index (χ4v) is 6.18. The van der Waals surface area contributed by atoms with Crippen molar-refractivity contribution in [2.75, 3.05) is 26.5 Å². The van der Waals surface area contributed by atoms with Gasteiger partial charge >= 0.3 is 0 Å². The minimum absolute atomic E-state index is 0.182. The second-order valence-electron chi connectivity index (χ2n) is 9.25. The first-order valence-corrected chi connectivity index (χ1v) is 10.8. The van der Waals surface area contributed by atoms with Crippen molar-refractivity contribution in [3.63, 3.8) is 0 Å². The van der Waals surface area contributed by atoms with Crippen LogP contribution in [0.25, 0.3) is 0 Å². The van der Waals surface area contributed by atoms with Gasteiger partial charge in [0.1, 0.15) is 30.6 Å². The second kappa shape index (κ2) is 6.90. The van der Waals surface area contributed by atoms with Crippen molar-refractivity contribution in [2.24, 2.45) is 5.92 Å². The van der Waals surface area contributed by atoms with Gasteiger partial charge in [-0.3, -0.25) is 14.7 Å². The van der Waals surface area contributed by atoms with Crippen molar-refractivity contribution in [3.05, 3.63) is 34.9 Å². The zero-order valence-electron chi connectivity index (χ0n) is 16.8. The molecule has 0 spiro atoms. The molecular weight excluding hydrogens is 396 g/mol. The lowest BCUT2D eigenvalue weighted by Crippen LogP contribution is -2.73. The Morgan fingerprint density at radius 1 is 1.10 bits per heavy atom. The van der Waals surface area contributed by atoms with Gasteiger partial charge in [-0.1, -0.05) is 6.07 Å². The van der Waals surface area contributed by atoms with Crippen molar-refractivity contribution < 1.29 is 28.5 Å². The van der Waals surface area contributed by atoms with Crippen LogP contribution < -0.4 is 0 Å². The summed E-state index contributed by atoms with van der Waals surface area (Å²) in [5.41, 5.74) is 0.754. The summed E-state index contributed by atoms with van der Waals surface area (Å²) in [6, 6.07) is 3.06. The Labute approximate surface area is 173 Å². The van der Waals surface area contributed by atoms with E-state index in [2.05, 4.69) is 21.6 Å². The van der Waals surface area contributed by atoms with Gasteiger partial charge in [-0.05, 0) is 37.0 Å². The monoisotopic (exact) mass is 423 g/mol. The van der Waals surface area contributed by atoms with Crippen molar-refractivity contribution in [2.45, 2.75) is 62.6 Å². The van der Waals surface area contributed by atoms with Crippen LogP contribution >= 0.6 is 0 Å². The number of hydrogen-bond acceptors (Lipinski definition) is 7. The summed E-state index contributed by atoms with van der Waals surface area (Å²) in [5, 5.41) is 21.7. The molecule has 9 heteroatoms. The van der Waals surface area contributed by atoms with Gasteiger partial charge < -0.3 is 19.7 Å². The molecule has 2 N–H and O–H groups in total. The van der Waals surface area contributed by atoms with Crippen LogP contribution in [0.3, 0.4) is 0 Å². The van der Waals surface area contributed by atoms with Crippen LogP contribution in [0.1, 0.15) is 30.6 Å². The van der Waals surface area contributed by atoms with E-state index in [1.54, 1.807) is 0 Å². The molecule has 5 fully saturated rings. The highest BCUT2D eigenvalue weighted by Crippen LogP contribution is 2.45. The summed E-state index contributed by atoms with van der Waals surface area (Å²) in [5.74, 6) is -1.28. The Kier molecular flexibility index (Phi) is 4.48. The molecule has 30 heavy (non-hydrogen) atoms. The molecule has 6 aliphatic heterocycles. The molecule has 7 nitrogen and oxygen atoms in total. The molecule has 6 aliphatic rings. The van der Waals surface area contributed by atoms with Crippen LogP contribution in [0.2, 0.25) is 0 Å². The van der Waals surface area contributed by atoms with Crippen molar-refractivity contribution >= 4 is 0 Å². The molecule has 164 valence electrons. The average Bonchev–Trinajstić information content (AvgIpc) is 3.27. The fourth-order valence-electron chi connectivity index (χ4n) is 6.18. The van der Waals surface area contributed by atoms with E-state index >= 15 is 0 Å². The van der Waals surface area contributed by atoms with E-state index in [0.717, 1.165) is 32.4 Å². The number of fused-ring (bicyclic) bond motifs is 1. The molecule has 0 aromatic heterocycles. The van der Waals surface area contributed by atoms with Crippen LogP contribution in [-0.4, -0.2) is 88.1 Å². The molecule has 3 unspecified atom stereocenters. The fraction of sp³-hybridized carbons (Fsp3) is 0.714. The summed E-state index contributed by atoms with van der Waals surface area (Å²) in [6.07, 6.45) is -3.05. The first-order chi connectivity index (χ1) is 14.5. The van der Waals surface area contributed by atoms with Gasteiger partial charge in [-0.2, -0.15) is 0 Å². The quantitative estimate of drug-likeness (QED) is 0.723. The number of hydrogen-bond donors (Lipinski definition) is 2. The van der Waals surface area contributed by atoms with Crippen molar-refractivity contribution in [1.29, 1.82) is 0 Å². The van der Waals surface area contributed by atoms with Crippen LogP contribution in [-0.2, 0) is 15.9 Å². The van der Waals surface area contributed by atoms with Crippen LogP contribution in [0.4, 0.5) is 8.78 Å². The molecule has 2 bridgehead atoms. The Morgan fingerprint density at radius 2 is 1.90 bits per heavy atom. The lowest BCUT2D eigenvalue weighted by atomic mass is 9.90. The van der Waals surface area contributed by atoms with E-state index < -0.39 is 42.3 Å². The minimum atomic E-state index is -1.17. The topological polar surface area (TPSA) is 68.6 Å². The number of rotatable bonds is 2. The van der Waals surface area contributed by atoms with Gasteiger partial charge in [0.05, 0.1) is 26.1 Å². The standard InChI is InChI=1S/C21H27F2N3O4/c1-10-11-4-6-26(20(11)25-8-24(10)9-25)21-17(28)16(27)19(30-21)18-13-2-3-14(22)15(23)12(13)5-7-29-18/h2-3,10-11,16-21,27-28H,4-9H2,1H3/t10?,11?,16-,17+,18+,19-,20?,21+/m0/s1. The van der Waals surface area contributed by atoms with Crippen LogP contribution in [0.15, 0.2) is 12.1 Å². The summed E-state index contributed by atoms with van der Waals surface area (Å²) in [4.78, 5) is 6.98. The maximum Gasteiger partial charge on any atom is 0.162 e. The van der Waals surface area contributed by atoms with E-state index in [4.69, 9.17) is 9.47 Å². The highest BCUT2D eigenvalue weighted by Gasteiger charge is 2.58. The van der Waals surface area contributed by atoms with Gasteiger partial charge in [0.15, 0.2) is 11.6 Å². The second-order valence-corrected chi connectivity index (χ2v) is 9.25. The Morgan fingerprint density at radius 3 is 2.70 bits per heavy atom. The number of benzene rings is 1. The van der Waals surface area contributed by atoms with Gasteiger partial charge in [0.2, 0.25) is 0 Å². The predicted octanol–water partition coefficient (Wildman–Crippen LogP) is 0.608. The lowest BCUT2D eigenvalue weighted by molar-refractivity contribution is -0.221. The highest BCUT2D eigenvalue weighted by atomic mass is 19.2. The van der Waals surface area contributed by atoms with Crippen LogP contribution in [0.5, 0.6) is 0 Å².